The number of esters is 1. The number of carbonyl (C=O) groups excluding carboxylic acids is 1. The molecule has 5 heteroatoms. The van der Waals surface area contributed by atoms with Gasteiger partial charge in [0.1, 0.15) is 5.75 Å². The van der Waals surface area contributed by atoms with Gasteiger partial charge in [-0.25, -0.2) is 4.79 Å². The molecule has 1 rings (SSSR count). The minimum Gasteiger partial charge on any atom is -0.478 e. The van der Waals surface area contributed by atoms with Gasteiger partial charge in [0.05, 0.1) is 5.56 Å². The van der Waals surface area contributed by atoms with Crippen molar-refractivity contribution in [1.29, 1.82) is 0 Å². The van der Waals surface area contributed by atoms with Crippen molar-refractivity contribution in [2.45, 2.75) is 13.3 Å². The number of nitrogen functional groups attached to an aromatic ring is 1. The number of hydrogen-bond donors (Lipinski definition) is 2. The lowest BCUT2D eigenvalue weighted by molar-refractivity contribution is -0.134. The second-order valence-corrected chi connectivity index (χ2v) is 2.88. The molecule has 0 aliphatic rings. The minimum atomic E-state index is -1.11. The lowest BCUT2D eigenvalue weighted by Crippen LogP contribution is -2.07. The number of ether oxygens (including phenoxy) is 1. The first-order valence-corrected chi connectivity index (χ1v) is 4.38. The van der Waals surface area contributed by atoms with Crippen LogP contribution in [0.5, 0.6) is 5.75 Å². The molecule has 15 heavy (non-hydrogen) atoms. The largest absolute Gasteiger partial charge is 0.478 e. The molecule has 0 unspecified atom stereocenters. The van der Waals surface area contributed by atoms with Gasteiger partial charge in [0.2, 0.25) is 0 Å². The van der Waals surface area contributed by atoms with Gasteiger partial charge >= 0.3 is 11.9 Å². The first-order valence-electron chi connectivity index (χ1n) is 4.38. The summed E-state index contributed by atoms with van der Waals surface area (Å²) < 4.78 is 4.87. The van der Waals surface area contributed by atoms with Crippen LogP contribution >= 0.6 is 0 Å². The van der Waals surface area contributed by atoms with Gasteiger partial charge in [0.15, 0.2) is 0 Å². The van der Waals surface area contributed by atoms with Crippen molar-refractivity contribution in [2.24, 2.45) is 0 Å². The van der Waals surface area contributed by atoms with Crippen LogP contribution in [0.15, 0.2) is 18.2 Å². The standard InChI is InChI=1S/C10H11NO4/c1-2-9(12)15-6-3-4-7(10(13)14)8(11)5-6/h3-5H,2,11H2,1H3,(H,13,14). The van der Waals surface area contributed by atoms with Crippen molar-refractivity contribution in [1.82, 2.24) is 0 Å². The van der Waals surface area contributed by atoms with Gasteiger partial charge in [-0.05, 0) is 12.1 Å². The normalized spacial score (nSPS) is 9.67. The van der Waals surface area contributed by atoms with Crippen molar-refractivity contribution in [3.8, 4) is 5.75 Å². The highest BCUT2D eigenvalue weighted by Crippen LogP contribution is 2.20. The first kappa shape index (κ1) is 11.0. The van der Waals surface area contributed by atoms with Gasteiger partial charge in [-0.2, -0.15) is 0 Å². The number of carbonyl (C=O) groups is 2. The summed E-state index contributed by atoms with van der Waals surface area (Å²) in [7, 11) is 0. The van der Waals surface area contributed by atoms with E-state index < -0.39 is 11.9 Å². The highest BCUT2D eigenvalue weighted by molar-refractivity contribution is 5.94. The number of carboxylic acids is 1. The lowest BCUT2D eigenvalue weighted by atomic mass is 10.2. The van der Waals surface area contributed by atoms with E-state index in [0.29, 0.717) is 0 Å². The number of rotatable bonds is 3. The number of benzene rings is 1. The zero-order valence-electron chi connectivity index (χ0n) is 8.19. The van der Waals surface area contributed by atoms with E-state index in [1.165, 1.54) is 18.2 Å². The van der Waals surface area contributed by atoms with E-state index in [4.69, 9.17) is 15.6 Å². The summed E-state index contributed by atoms with van der Waals surface area (Å²) >= 11 is 0. The second-order valence-electron chi connectivity index (χ2n) is 2.88. The van der Waals surface area contributed by atoms with Crippen LogP contribution in [-0.4, -0.2) is 17.0 Å². The molecule has 3 N–H and O–H groups in total. The third-order valence-electron chi connectivity index (χ3n) is 1.77. The summed E-state index contributed by atoms with van der Waals surface area (Å²) in [5.41, 5.74) is 5.53. The fourth-order valence-corrected chi connectivity index (χ4v) is 1.00. The number of nitrogens with two attached hydrogens (primary N) is 1. The van der Waals surface area contributed by atoms with Gasteiger partial charge in [-0.3, -0.25) is 4.79 Å². The number of hydrogen-bond acceptors (Lipinski definition) is 4. The molecule has 0 atom stereocenters. The SMILES string of the molecule is CCC(=O)Oc1ccc(C(=O)O)c(N)c1. The number of aromatic carboxylic acids is 1. The molecule has 80 valence electrons. The molecule has 0 amide bonds. The smallest absolute Gasteiger partial charge is 0.337 e. The van der Waals surface area contributed by atoms with Crippen LogP contribution in [-0.2, 0) is 4.79 Å². The molecule has 0 aliphatic carbocycles. The Balaban J connectivity index is 2.91. The molecule has 0 bridgehead atoms. The Morgan fingerprint density at radius 1 is 1.47 bits per heavy atom. The van der Waals surface area contributed by atoms with Crippen molar-refractivity contribution in [3.05, 3.63) is 23.8 Å². The molecular weight excluding hydrogens is 198 g/mol. The summed E-state index contributed by atoms with van der Waals surface area (Å²) in [6.07, 6.45) is 0.251. The fraction of sp³-hybridized carbons (Fsp3) is 0.200. The molecule has 0 fully saturated rings. The predicted octanol–water partition coefficient (Wildman–Crippen LogP) is 1.28. The maximum Gasteiger partial charge on any atom is 0.337 e. The Morgan fingerprint density at radius 3 is 2.60 bits per heavy atom. The maximum absolute atomic E-state index is 10.9. The minimum absolute atomic E-state index is 0.00806. The number of carboxylic acid groups (broad SMARTS) is 1. The summed E-state index contributed by atoms with van der Waals surface area (Å²) in [6, 6.07) is 4.01. The van der Waals surface area contributed by atoms with Crippen LogP contribution in [0.25, 0.3) is 0 Å². The van der Waals surface area contributed by atoms with E-state index in [9.17, 15) is 9.59 Å². The molecule has 0 spiro atoms. The molecule has 0 aliphatic heterocycles. The molecule has 0 aromatic heterocycles. The first-order chi connectivity index (χ1) is 7.04. The monoisotopic (exact) mass is 209 g/mol. The summed E-state index contributed by atoms with van der Waals surface area (Å²) in [4.78, 5) is 21.6. The average Bonchev–Trinajstić information content (AvgIpc) is 2.17. The Morgan fingerprint density at radius 2 is 2.13 bits per heavy atom. The maximum atomic E-state index is 10.9. The Kier molecular flexibility index (Phi) is 3.28. The molecule has 5 nitrogen and oxygen atoms in total. The highest BCUT2D eigenvalue weighted by atomic mass is 16.5. The third kappa shape index (κ3) is 2.70. The van der Waals surface area contributed by atoms with E-state index in [-0.39, 0.29) is 23.4 Å². The van der Waals surface area contributed by atoms with Crippen LogP contribution in [0.3, 0.4) is 0 Å². The van der Waals surface area contributed by atoms with E-state index in [1.54, 1.807) is 6.92 Å². The molecule has 0 saturated carbocycles. The average molecular weight is 209 g/mol. The topological polar surface area (TPSA) is 89.6 Å². The van der Waals surface area contributed by atoms with Crippen molar-refractivity contribution < 1.29 is 19.4 Å². The molecular formula is C10H11NO4. The van der Waals surface area contributed by atoms with Gasteiger partial charge in [0.25, 0.3) is 0 Å². The van der Waals surface area contributed by atoms with Crippen molar-refractivity contribution >= 4 is 17.6 Å². The zero-order valence-corrected chi connectivity index (χ0v) is 8.19. The predicted molar refractivity (Wildman–Crippen MR) is 53.7 cm³/mol. The van der Waals surface area contributed by atoms with Crippen LogP contribution < -0.4 is 10.5 Å². The Labute approximate surface area is 86.5 Å². The molecule has 0 radical (unpaired) electrons. The van der Waals surface area contributed by atoms with E-state index >= 15 is 0 Å². The van der Waals surface area contributed by atoms with Crippen LogP contribution in [0.1, 0.15) is 23.7 Å². The second kappa shape index (κ2) is 4.45. The molecule has 0 heterocycles. The molecule has 1 aromatic carbocycles. The fourth-order valence-electron chi connectivity index (χ4n) is 1.00. The summed E-state index contributed by atoms with van der Waals surface area (Å²) in [5, 5.41) is 8.70. The highest BCUT2D eigenvalue weighted by Gasteiger charge is 2.09. The summed E-state index contributed by atoms with van der Waals surface area (Å²) in [6.45, 7) is 1.66. The van der Waals surface area contributed by atoms with Crippen LogP contribution in [0.2, 0.25) is 0 Å². The van der Waals surface area contributed by atoms with Crippen LogP contribution in [0, 0.1) is 0 Å². The third-order valence-corrected chi connectivity index (χ3v) is 1.77. The number of anilines is 1. The quantitative estimate of drug-likeness (QED) is 0.444. The zero-order chi connectivity index (χ0) is 11.4. The lowest BCUT2D eigenvalue weighted by Gasteiger charge is -2.05. The van der Waals surface area contributed by atoms with Crippen molar-refractivity contribution in [2.75, 3.05) is 5.73 Å². The Hall–Kier alpha value is -2.04. The van der Waals surface area contributed by atoms with Gasteiger partial charge in [0, 0.05) is 18.2 Å². The van der Waals surface area contributed by atoms with E-state index in [0.717, 1.165) is 0 Å². The van der Waals surface area contributed by atoms with Gasteiger partial charge in [-0.1, -0.05) is 6.92 Å². The van der Waals surface area contributed by atoms with Crippen molar-refractivity contribution in [3.63, 3.8) is 0 Å². The Bertz CT molecular complexity index is 400. The molecule has 0 saturated heterocycles. The van der Waals surface area contributed by atoms with E-state index in [1.807, 2.05) is 0 Å². The van der Waals surface area contributed by atoms with E-state index in [2.05, 4.69) is 0 Å². The summed E-state index contributed by atoms with van der Waals surface area (Å²) in [5.74, 6) is -1.25. The van der Waals surface area contributed by atoms with Crippen LogP contribution in [0.4, 0.5) is 5.69 Å². The van der Waals surface area contributed by atoms with Gasteiger partial charge < -0.3 is 15.6 Å². The van der Waals surface area contributed by atoms with Gasteiger partial charge in [-0.15, -0.1) is 0 Å². The molecule has 1 aromatic rings.